The SMILES string of the molecule is O=C(O)C(=O)O.O=CC=O. The molecular formula is C4H4O6. The van der Waals surface area contributed by atoms with E-state index >= 15 is 0 Å². The third-order valence-corrected chi connectivity index (χ3v) is 0.239. The van der Waals surface area contributed by atoms with Gasteiger partial charge in [0.25, 0.3) is 0 Å². The molecule has 0 aromatic heterocycles. The van der Waals surface area contributed by atoms with E-state index in [1.165, 1.54) is 0 Å². The standard InChI is InChI=1S/C2H2O4.C2H2O2/c3-1(4)2(5)6;3-1-2-4/h(H,3,4)(H,5,6);1-2H. The van der Waals surface area contributed by atoms with Crippen molar-refractivity contribution in [3.63, 3.8) is 0 Å². The van der Waals surface area contributed by atoms with Crippen LogP contribution < -0.4 is 0 Å². The van der Waals surface area contributed by atoms with Gasteiger partial charge in [0.15, 0.2) is 12.6 Å². The van der Waals surface area contributed by atoms with Crippen LogP contribution in [0.1, 0.15) is 0 Å². The first-order valence-electron chi connectivity index (χ1n) is 1.91. The highest BCUT2D eigenvalue weighted by Gasteiger charge is 2.04. The molecule has 0 saturated carbocycles. The van der Waals surface area contributed by atoms with Crippen LogP contribution in [0.5, 0.6) is 0 Å². The number of rotatable bonds is 1. The first-order valence-corrected chi connectivity index (χ1v) is 1.91. The first-order chi connectivity index (χ1) is 4.56. The van der Waals surface area contributed by atoms with Gasteiger partial charge in [-0.25, -0.2) is 9.59 Å². The molecule has 56 valence electrons. The summed E-state index contributed by atoms with van der Waals surface area (Å²) in [5.74, 6) is -3.65. The van der Waals surface area contributed by atoms with Crippen LogP contribution in [0.15, 0.2) is 0 Å². The van der Waals surface area contributed by atoms with Gasteiger partial charge in [0.05, 0.1) is 0 Å². The highest BCUT2D eigenvalue weighted by Crippen LogP contribution is 1.56. The molecule has 0 aromatic rings. The summed E-state index contributed by atoms with van der Waals surface area (Å²) in [6, 6.07) is 0. The largest absolute Gasteiger partial charge is 0.473 e. The molecule has 0 heterocycles. The number of hydrogen-bond acceptors (Lipinski definition) is 4. The average Bonchev–Trinajstić information content (AvgIpc) is 1.89. The Balaban J connectivity index is 0. The maximum atomic E-state index is 9.10. The lowest BCUT2D eigenvalue weighted by atomic mass is 10.7. The fourth-order valence-electron chi connectivity index (χ4n) is 0. The normalized spacial score (nSPS) is 6.40. The van der Waals surface area contributed by atoms with Crippen molar-refractivity contribution in [2.24, 2.45) is 0 Å². The molecule has 0 aliphatic carbocycles. The van der Waals surface area contributed by atoms with E-state index in [-0.39, 0.29) is 12.6 Å². The molecule has 10 heavy (non-hydrogen) atoms. The smallest absolute Gasteiger partial charge is 0.414 e. The van der Waals surface area contributed by atoms with Crippen molar-refractivity contribution < 1.29 is 29.4 Å². The molecule has 0 saturated heterocycles. The zero-order valence-electron chi connectivity index (χ0n) is 4.68. The molecule has 0 atom stereocenters. The molecule has 0 aliphatic heterocycles. The number of hydrogen-bond donors (Lipinski definition) is 2. The minimum atomic E-state index is -1.82. The average molecular weight is 148 g/mol. The van der Waals surface area contributed by atoms with Crippen molar-refractivity contribution in [3.05, 3.63) is 0 Å². The van der Waals surface area contributed by atoms with Crippen LogP contribution in [0.25, 0.3) is 0 Å². The highest BCUT2D eigenvalue weighted by molar-refractivity contribution is 6.27. The van der Waals surface area contributed by atoms with E-state index in [1.54, 1.807) is 0 Å². The molecule has 0 fully saturated rings. The quantitative estimate of drug-likeness (QED) is 0.347. The van der Waals surface area contributed by atoms with E-state index in [2.05, 4.69) is 0 Å². The fraction of sp³-hybridized carbons (Fsp3) is 0. The second-order valence-electron chi connectivity index (χ2n) is 0.882. The summed E-state index contributed by atoms with van der Waals surface area (Å²) in [5, 5.41) is 14.8. The Morgan fingerprint density at radius 3 is 1.10 bits per heavy atom. The Kier molecular flexibility index (Phi) is 8.10. The predicted molar refractivity (Wildman–Crippen MR) is 27.4 cm³/mol. The summed E-state index contributed by atoms with van der Waals surface area (Å²) in [7, 11) is 0. The van der Waals surface area contributed by atoms with Crippen molar-refractivity contribution in [1.29, 1.82) is 0 Å². The van der Waals surface area contributed by atoms with Gasteiger partial charge in [-0.15, -0.1) is 0 Å². The molecular weight excluding hydrogens is 144 g/mol. The van der Waals surface area contributed by atoms with Gasteiger partial charge >= 0.3 is 11.9 Å². The Hall–Kier alpha value is -1.72. The van der Waals surface area contributed by atoms with Crippen molar-refractivity contribution in [3.8, 4) is 0 Å². The molecule has 0 spiro atoms. The summed E-state index contributed by atoms with van der Waals surface area (Å²) in [6.45, 7) is 0. The Morgan fingerprint density at radius 2 is 1.10 bits per heavy atom. The summed E-state index contributed by atoms with van der Waals surface area (Å²) in [5.41, 5.74) is 0. The Morgan fingerprint density at radius 1 is 0.900 bits per heavy atom. The zero-order valence-corrected chi connectivity index (χ0v) is 4.68. The fourth-order valence-corrected chi connectivity index (χ4v) is 0. The van der Waals surface area contributed by atoms with Crippen LogP contribution in [-0.2, 0) is 19.2 Å². The van der Waals surface area contributed by atoms with E-state index in [4.69, 9.17) is 29.4 Å². The van der Waals surface area contributed by atoms with Gasteiger partial charge in [-0.3, -0.25) is 9.59 Å². The second kappa shape index (κ2) is 7.28. The summed E-state index contributed by atoms with van der Waals surface area (Å²) in [6.07, 6.45) is 0.389. The molecule has 0 rings (SSSR count). The molecule has 0 aliphatic rings. The van der Waals surface area contributed by atoms with E-state index in [0.29, 0.717) is 0 Å². The Bertz CT molecular complexity index is 130. The lowest BCUT2D eigenvalue weighted by Gasteiger charge is -1.72. The van der Waals surface area contributed by atoms with E-state index in [0.717, 1.165) is 0 Å². The molecule has 0 unspecified atom stereocenters. The van der Waals surface area contributed by atoms with Gasteiger partial charge in [-0.1, -0.05) is 0 Å². The monoisotopic (exact) mass is 148 g/mol. The first kappa shape index (κ1) is 11.1. The molecule has 2 N–H and O–H groups in total. The van der Waals surface area contributed by atoms with Crippen LogP contribution >= 0.6 is 0 Å². The van der Waals surface area contributed by atoms with Crippen LogP contribution in [0.4, 0.5) is 0 Å². The third kappa shape index (κ3) is 16.3. The van der Waals surface area contributed by atoms with Gasteiger partial charge in [0.1, 0.15) is 0 Å². The van der Waals surface area contributed by atoms with E-state index < -0.39 is 11.9 Å². The van der Waals surface area contributed by atoms with Crippen molar-refractivity contribution >= 4 is 24.5 Å². The molecule has 6 heteroatoms. The van der Waals surface area contributed by atoms with Crippen LogP contribution in [0.3, 0.4) is 0 Å². The topological polar surface area (TPSA) is 109 Å². The highest BCUT2D eigenvalue weighted by atomic mass is 16.4. The van der Waals surface area contributed by atoms with Gasteiger partial charge < -0.3 is 10.2 Å². The summed E-state index contributed by atoms with van der Waals surface area (Å²) < 4.78 is 0. The molecule has 0 aromatic carbocycles. The van der Waals surface area contributed by atoms with Crippen LogP contribution in [0, 0.1) is 0 Å². The Labute approximate surface area is 55.1 Å². The maximum absolute atomic E-state index is 9.10. The van der Waals surface area contributed by atoms with Crippen molar-refractivity contribution in [2.75, 3.05) is 0 Å². The van der Waals surface area contributed by atoms with Gasteiger partial charge in [0.2, 0.25) is 0 Å². The zero-order chi connectivity index (χ0) is 8.57. The number of carboxylic acid groups (broad SMARTS) is 2. The lowest BCUT2D eigenvalue weighted by Crippen LogP contribution is -2.09. The molecule has 0 amide bonds. The molecule has 6 nitrogen and oxygen atoms in total. The number of carbonyl (C=O) groups is 4. The number of carboxylic acids is 2. The van der Waals surface area contributed by atoms with Gasteiger partial charge in [0, 0.05) is 0 Å². The minimum Gasteiger partial charge on any atom is -0.473 e. The maximum Gasteiger partial charge on any atom is 0.414 e. The van der Waals surface area contributed by atoms with Gasteiger partial charge in [-0.2, -0.15) is 0 Å². The van der Waals surface area contributed by atoms with Gasteiger partial charge in [-0.05, 0) is 0 Å². The minimum absolute atomic E-state index is 0.194. The van der Waals surface area contributed by atoms with Crippen molar-refractivity contribution in [2.45, 2.75) is 0 Å². The van der Waals surface area contributed by atoms with E-state index in [1.807, 2.05) is 0 Å². The predicted octanol–water partition coefficient (Wildman–Crippen LogP) is -1.46. The van der Waals surface area contributed by atoms with E-state index in [9.17, 15) is 0 Å². The number of carbonyl (C=O) groups excluding carboxylic acids is 2. The summed E-state index contributed by atoms with van der Waals surface area (Å²) >= 11 is 0. The second-order valence-corrected chi connectivity index (χ2v) is 0.882. The number of aldehydes is 2. The van der Waals surface area contributed by atoms with Crippen LogP contribution in [0.2, 0.25) is 0 Å². The third-order valence-electron chi connectivity index (χ3n) is 0.239. The number of aliphatic carboxylic acids is 2. The summed E-state index contributed by atoms with van der Waals surface area (Å²) in [4.78, 5) is 35.8. The lowest BCUT2D eigenvalue weighted by molar-refractivity contribution is -0.159. The van der Waals surface area contributed by atoms with Crippen molar-refractivity contribution in [1.82, 2.24) is 0 Å². The molecule has 0 bridgehead atoms. The van der Waals surface area contributed by atoms with Crippen LogP contribution in [-0.4, -0.2) is 34.7 Å². The molecule has 0 radical (unpaired) electrons.